The molecule has 0 amide bonds. The molecule has 13 heavy (non-hydrogen) atoms. The summed E-state index contributed by atoms with van der Waals surface area (Å²) in [6, 6.07) is -0.226. The van der Waals surface area contributed by atoms with Crippen LogP contribution in [0.1, 0.15) is 13.8 Å². The summed E-state index contributed by atoms with van der Waals surface area (Å²) < 4.78 is 15.8. The van der Waals surface area contributed by atoms with E-state index < -0.39 is 0 Å². The molecular formula is C8H18N2O3. The molecule has 0 radical (unpaired) electrons. The second kappa shape index (κ2) is 4.88. The van der Waals surface area contributed by atoms with Crippen molar-refractivity contribution in [2.45, 2.75) is 38.1 Å². The standard InChI is InChI=1S/C8H18N2O3/c1-5(9)7-8(6(2)10)13-4-11-3-12-7/h5-8H,3-4,9-10H2,1-2H3. The zero-order chi connectivity index (χ0) is 9.84. The second-order valence-electron chi connectivity index (χ2n) is 3.42. The van der Waals surface area contributed by atoms with Crippen LogP contribution in [-0.2, 0) is 14.2 Å². The van der Waals surface area contributed by atoms with Gasteiger partial charge in [-0.1, -0.05) is 0 Å². The molecule has 5 nitrogen and oxygen atoms in total. The quantitative estimate of drug-likeness (QED) is 0.607. The first kappa shape index (κ1) is 10.9. The van der Waals surface area contributed by atoms with Crippen LogP contribution in [0.15, 0.2) is 0 Å². The monoisotopic (exact) mass is 190 g/mol. The van der Waals surface area contributed by atoms with Gasteiger partial charge in [0.1, 0.15) is 25.8 Å². The fourth-order valence-electron chi connectivity index (χ4n) is 1.38. The fraction of sp³-hybridized carbons (Fsp3) is 1.00. The summed E-state index contributed by atoms with van der Waals surface area (Å²) in [5, 5.41) is 0. The average molecular weight is 190 g/mol. The van der Waals surface area contributed by atoms with E-state index in [9.17, 15) is 0 Å². The maximum absolute atomic E-state index is 5.75. The molecule has 1 aliphatic rings. The van der Waals surface area contributed by atoms with Crippen LogP contribution in [0.25, 0.3) is 0 Å². The minimum atomic E-state index is -0.192. The van der Waals surface area contributed by atoms with Crippen LogP contribution in [0.4, 0.5) is 0 Å². The van der Waals surface area contributed by atoms with Gasteiger partial charge < -0.3 is 25.7 Å². The minimum absolute atomic E-state index is 0.113. The molecule has 0 aromatic rings. The topological polar surface area (TPSA) is 79.7 Å². The van der Waals surface area contributed by atoms with Gasteiger partial charge in [0.2, 0.25) is 0 Å². The molecule has 1 saturated heterocycles. The highest BCUT2D eigenvalue weighted by Gasteiger charge is 2.31. The summed E-state index contributed by atoms with van der Waals surface area (Å²) >= 11 is 0. The maximum atomic E-state index is 5.75. The normalized spacial score (nSPS) is 35.1. The second-order valence-corrected chi connectivity index (χ2v) is 3.42. The minimum Gasteiger partial charge on any atom is -0.348 e. The lowest BCUT2D eigenvalue weighted by molar-refractivity contribution is -0.0899. The van der Waals surface area contributed by atoms with Gasteiger partial charge in [-0.2, -0.15) is 0 Å². The van der Waals surface area contributed by atoms with Crippen LogP contribution >= 0.6 is 0 Å². The van der Waals surface area contributed by atoms with E-state index in [0.717, 1.165) is 0 Å². The van der Waals surface area contributed by atoms with E-state index in [-0.39, 0.29) is 37.9 Å². The molecule has 5 heteroatoms. The lowest BCUT2D eigenvalue weighted by Gasteiger charge is -2.29. The zero-order valence-corrected chi connectivity index (χ0v) is 8.10. The predicted molar refractivity (Wildman–Crippen MR) is 47.9 cm³/mol. The van der Waals surface area contributed by atoms with Gasteiger partial charge in [-0.05, 0) is 13.8 Å². The van der Waals surface area contributed by atoms with Crippen molar-refractivity contribution in [3.05, 3.63) is 0 Å². The Morgan fingerprint density at radius 1 is 1.00 bits per heavy atom. The van der Waals surface area contributed by atoms with Gasteiger partial charge in [0.05, 0.1) is 0 Å². The molecule has 4 atom stereocenters. The van der Waals surface area contributed by atoms with Gasteiger partial charge in [-0.3, -0.25) is 0 Å². The van der Waals surface area contributed by atoms with E-state index in [1.165, 1.54) is 0 Å². The van der Waals surface area contributed by atoms with Crippen LogP contribution in [0.5, 0.6) is 0 Å². The highest BCUT2D eigenvalue weighted by Crippen LogP contribution is 2.13. The summed E-state index contributed by atoms with van der Waals surface area (Å²) in [5.41, 5.74) is 11.5. The van der Waals surface area contributed by atoms with E-state index in [2.05, 4.69) is 0 Å². The average Bonchev–Trinajstić information content (AvgIpc) is 2.27. The lowest BCUT2D eigenvalue weighted by Crippen LogP contribution is -2.50. The first-order chi connectivity index (χ1) is 6.13. The molecule has 4 unspecified atom stereocenters. The van der Waals surface area contributed by atoms with Crippen LogP contribution in [0.2, 0.25) is 0 Å². The van der Waals surface area contributed by atoms with Gasteiger partial charge >= 0.3 is 0 Å². The number of ether oxygens (including phenoxy) is 3. The van der Waals surface area contributed by atoms with Crippen molar-refractivity contribution in [3.63, 3.8) is 0 Å². The third kappa shape index (κ3) is 2.89. The summed E-state index contributed by atoms with van der Waals surface area (Å²) in [4.78, 5) is 0. The Balaban J connectivity index is 2.61. The zero-order valence-electron chi connectivity index (χ0n) is 8.10. The molecule has 1 heterocycles. The Hall–Kier alpha value is -0.200. The summed E-state index contributed by atoms with van der Waals surface area (Å²) in [6.07, 6.45) is -0.384. The van der Waals surface area contributed by atoms with Gasteiger partial charge in [0.25, 0.3) is 0 Å². The first-order valence-electron chi connectivity index (χ1n) is 4.45. The van der Waals surface area contributed by atoms with Crippen molar-refractivity contribution in [1.29, 1.82) is 0 Å². The number of hydrogen-bond donors (Lipinski definition) is 2. The van der Waals surface area contributed by atoms with E-state index >= 15 is 0 Å². The largest absolute Gasteiger partial charge is 0.348 e. The van der Waals surface area contributed by atoms with Crippen LogP contribution in [-0.4, -0.2) is 37.9 Å². The van der Waals surface area contributed by atoms with Gasteiger partial charge in [0.15, 0.2) is 0 Å². The van der Waals surface area contributed by atoms with Crippen molar-refractivity contribution in [2.24, 2.45) is 11.5 Å². The van der Waals surface area contributed by atoms with Crippen LogP contribution in [0, 0.1) is 0 Å². The molecule has 0 saturated carbocycles. The van der Waals surface area contributed by atoms with Gasteiger partial charge in [-0.15, -0.1) is 0 Å². The van der Waals surface area contributed by atoms with Crippen molar-refractivity contribution in [1.82, 2.24) is 0 Å². The summed E-state index contributed by atoms with van der Waals surface area (Å²) in [5.74, 6) is 0. The molecule has 0 bridgehead atoms. The Morgan fingerprint density at radius 3 is 1.69 bits per heavy atom. The molecule has 1 rings (SSSR count). The van der Waals surface area contributed by atoms with Crippen molar-refractivity contribution >= 4 is 0 Å². The first-order valence-corrected chi connectivity index (χ1v) is 4.45. The predicted octanol–water partition coefficient (Wildman–Crippen LogP) is -0.604. The van der Waals surface area contributed by atoms with Crippen molar-refractivity contribution in [3.8, 4) is 0 Å². The molecule has 1 aliphatic heterocycles. The number of hydrogen-bond acceptors (Lipinski definition) is 5. The van der Waals surface area contributed by atoms with E-state index in [4.69, 9.17) is 25.7 Å². The Morgan fingerprint density at radius 2 is 1.38 bits per heavy atom. The highest BCUT2D eigenvalue weighted by molar-refractivity contribution is 4.84. The Kier molecular flexibility index (Phi) is 4.08. The van der Waals surface area contributed by atoms with Gasteiger partial charge in [0, 0.05) is 12.1 Å². The molecule has 4 N–H and O–H groups in total. The fourth-order valence-corrected chi connectivity index (χ4v) is 1.38. The van der Waals surface area contributed by atoms with Crippen LogP contribution in [0.3, 0.4) is 0 Å². The van der Waals surface area contributed by atoms with Crippen molar-refractivity contribution in [2.75, 3.05) is 13.6 Å². The maximum Gasteiger partial charge on any atom is 0.150 e. The molecular weight excluding hydrogens is 172 g/mol. The number of nitrogens with two attached hydrogens (primary N) is 2. The lowest BCUT2D eigenvalue weighted by atomic mass is 10.0. The molecule has 0 aliphatic carbocycles. The Labute approximate surface area is 78.3 Å². The van der Waals surface area contributed by atoms with Crippen molar-refractivity contribution < 1.29 is 14.2 Å². The smallest absolute Gasteiger partial charge is 0.150 e. The van der Waals surface area contributed by atoms with Gasteiger partial charge in [-0.25, -0.2) is 0 Å². The third-order valence-electron chi connectivity index (χ3n) is 2.05. The van der Waals surface area contributed by atoms with Crippen LogP contribution < -0.4 is 11.5 Å². The molecule has 1 fully saturated rings. The molecule has 0 aromatic carbocycles. The van der Waals surface area contributed by atoms with E-state index in [1.807, 2.05) is 13.8 Å². The molecule has 0 aromatic heterocycles. The van der Waals surface area contributed by atoms with E-state index in [0.29, 0.717) is 0 Å². The summed E-state index contributed by atoms with van der Waals surface area (Å²) in [7, 11) is 0. The third-order valence-corrected chi connectivity index (χ3v) is 2.05. The molecule has 78 valence electrons. The van der Waals surface area contributed by atoms with E-state index in [1.54, 1.807) is 0 Å². The SMILES string of the molecule is CC(N)C1OCOCOC1C(C)N. The summed E-state index contributed by atoms with van der Waals surface area (Å²) in [6.45, 7) is 4.17. The highest BCUT2D eigenvalue weighted by atomic mass is 16.8. The molecule has 0 spiro atoms. The Bertz CT molecular complexity index is 136. The number of rotatable bonds is 2.